The lowest BCUT2D eigenvalue weighted by Gasteiger charge is -2.04. The molecule has 1 heterocycles. The number of Topliss-reactive ketones (excluding diaryl/α,β-unsaturated/α-hetero) is 1. The summed E-state index contributed by atoms with van der Waals surface area (Å²) in [6.45, 7) is 1.83. The van der Waals surface area contributed by atoms with Crippen molar-refractivity contribution in [1.82, 2.24) is 4.98 Å². The highest BCUT2D eigenvalue weighted by Crippen LogP contribution is 2.14. The van der Waals surface area contributed by atoms with E-state index in [1.54, 1.807) is 24.4 Å². The van der Waals surface area contributed by atoms with Crippen molar-refractivity contribution in [1.29, 1.82) is 0 Å². The monoisotopic (exact) mass is 307 g/mol. The molecule has 0 atom stereocenters. The standard InChI is InChI=1S/C14H11BrFNO/c1-9-2-5-13(16)12(6-9)14(18)7-11-4-3-10(15)8-17-11/h2-6,8H,7H2,1H3. The van der Waals surface area contributed by atoms with E-state index in [1.165, 1.54) is 6.07 Å². The first-order valence-corrected chi connectivity index (χ1v) is 6.25. The van der Waals surface area contributed by atoms with Gasteiger partial charge in [0.25, 0.3) is 0 Å². The van der Waals surface area contributed by atoms with Crippen LogP contribution in [0.1, 0.15) is 21.6 Å². The predicted octanol–water partition coefficient (Wildman–Crippen LogP) is 3.72. The second-order valence-electron chi connectivity index (χ2n) is 4.05. The number of hydrogen-bond donors (Lipinski definition) is 0. The third-order valence-corrected chi connectivity index (χ3v) is 3.02. The number of aryl methyl sites for hydroxylation is 1. The second-order valence-corrected chi connectivity index (χ2v) is 4.97. The summed E-state index contributed by atoms with van der Waals surface area (Å²) >= 11 is 3.27. The van der Waals surface area contributed by atoms with Crippen molar-refractivity contribution >= 4 is 21.7 Å². The lowest BCUT2D eigenvalue weighted by molar-refractivity contribution is 0.0988. The fourth-order valence-corrected chi connectivity index (χ4v) is 1.86. The molecule has 0 aliphatic carbocycles. The maximum Gasteiger partial charge on any atom is 0.171 e. The summed E-state index contributed by atoms with van der Waals surface area (Å²) in [7, 11) is 0. The van der Waals surface area contributed by atoms with E-state index in [0.29, 0.717) is 5.69 Å². The van der Waals surface area contributed by atoms with E-state index in [9.17, 15) is 9.18 Å². The van der Waals surface area contributed by atoms with Crippen LogP contribution < -0.4 is 0 Å². The number of ketones is 1. The van der Waals surface area contributed by atoms with Crippen molar-refractivity contribution in [3.63, 3.8) is 0 Å². The maximum absolute atomic E-state index is 13.5. The van der Waals surface area contributed by atoms with Crippen molar-refractivity contribution < 1.29 is 9.18 Å². The van der Waals surface area contributed by atoms with Crippen molar-refractivity contribution in [2.45, 2.75) is 13.3 Å². The van der Waals surface area contributed by atoms with Crippen LogP contribution in [0.3, 0.4) is 0 Å². The molecular weight excluding hydrogens is 297 g/mol. The number of benzene rings is 1. The minimum absolute atomic E-state index is 0.105. The summed E-state index contributed by atoms with van der Waals surface area (Å²) in [4.78, 5) is 16.1. The Kier molecular flexibility index (Phi) is 3.87. The van der Waals surface area contributed by atoms with E-state index in [0.717, 1.165) is 10.0 Å². The molecule has 0 amide bonds. The van der Waals surface area contributed by atoms with Gasteiger partial charge in [0.05, 0.1) is 12.0 Å². The van der Waals surface area contributed by atoms with Crippen LogP contribution in [0, 0.1) is 12.7 Å². The summed E-state index contributed by atoms with van der Waals surface area (Å²) < 4.78 is 14.4. The van der Waals surface area contributed by atoms with Gasteiger partial charge in [0.1, 0.15) is 5.82 Å². The summed E-state index contributed by atoms with van der Waals surface area (Å²) in [6.07, 6.45) is 1.73. The first kappa shape index (κ1) is 12.9. The van der Waals surface area contributed by atoms with Gasteiger partial charge in [0.2, 0.25) is 0 Å². The van der Waals surface area contributed by atoms with Gasteiger partial charge < -0.3 is 0 Å². The van der Waals surface area contributed by atoms with Crippen LogP contribution in [0.2, 0.25) is 0 Å². The average molecular weight is 308 g/mol. The molecule has 18 heavy (non-hydrogen) atoms. The fraction of sp³-hybridized carbons (Fsp3) is 0.143. The Morgan fingerprint density at radius 1 is 1.33 bits per heavy atom. The smallest absolute Gasteiger partial charge is 0.171 e. The third kappa shape index (κ3) is 3.01. The highest BCUT2D eigenvalue weighted by Gasteiger charge is 2.13. The predicted molar refractivity (Wildman–Crippen MR) is 71.1 cm³/mol. The molecule has 0 radical (unpaired) electrons. The third-order valence-electron chi connectivity index (χ3n) is 2.55. The van der Waals surface area contributed by atoms with Crippen LogP contribution >= 0.6 is 15.9 Å². The molecule has 1 aromatic heterocycles. The van der Waals surface area contributed by atoms with Gasteiger partial charge in [0, 0.05) is 16.4 Å². The number of pyridine rings is 1. The van der Waals surface area contributed by atoms with E-state index in [2.05, 4.69) is 20.9 Å². The molecule has 4 heteroatoms. The van der Waals surface area contributed by atoms with Gasteiger partial charge in [-0.15, -0.1) is 0 Å². The molecule has 0 saturated carbocycles. The first-order chi connectivity index (χ1) is 8.56. The van der Waals surface area contributed by atoms with Gasteiger partial charge in [-0.2, -0.15) is 0 Å². The zero-order chi connectivity index (χ0) is 13.1. The Labute approximate surface area is 113 Å². The molecule has 0 aliphatic heterocycles. The molecule has 92 valence electrons. The summed E-state index contributed by atoms with van der Waals surface area (Å²) in [5.41, 5.74) is 1.62. The minimum Gasteiger partial charge on any atom is -0.294 e. The second kappa shape index (κ2) is 5.40. The molecule has 0 spiro atoms. The molecule has 0 saturated heterocycles. The van der Waals surface area contributed by atoms with Crippen LogP contribution in [-0.4, -0.2) is 10.8 Å². The highest BCUT2D eigenvalue weighted by atomic mass is 79.9. The highest BCUT2D eigenvalue weighted by molar-refractivity contribution is 9.10. The van der Waals surface area contributed by atoms with Gasteiger partial charge in [-0.3, -0.25) is 9.78 Å². The Hall–Kier alpha value is -1.55. The van der Waals surface area contributed by atoms with Crippen molar-refractivity contribution in [2.75, 3.05) is 0 Å². The SMILES string of the molecule is Cc1ccc(F)c(C(=O)Cc2ccc(Br)cn2)c1. The molecular formula is C14H11BrFNO. The van der Waals surface area contributed by atoms with Gasteiger partial charge in [-0.1, -0.05) is 11.6 Å². The molecule has 0 unspecified atom stereocenters. The molecule has 2 rings (SSSR count). The van der Waals surface area contributed by atoms with E-state index in [-0.39, 0.29) is 17.8 Å². The van der Waals surface area contributed by atoms with Crippen LogP contribution in [0.4, 0.5) is 4.39 Å². The zero-order valence-corrected chi connectivity index (χ0v) is 11.4. The van der Waals surface area contributed by atoms with Gasteiger partial charge in [-0.05, 0) is 47.1 Å². The van der Waals surface area contributed by atoms with E-state index >= 15 is 0 Å². The lowest BCUT2D eigenvalue weighted by Crippen LogP contribution is -2.07. The number of rotatable bonds is 3. The number of halogens is 2. The largest absolute Gasteiger partial charge is 0.294 e. The molecule has 2 aromatic rings. The van der Waals surface area contributed by atoms with Crippen LogP contribution in [0.15, 0.2) is 41.0 Å². The molecule has 2 nitrogen and oxygen atoms in total. The Morgan fingerprint density at radius 3 is 2.78 bits per heavy atom. The topological polar surface area (TPSA) is 30.0 Å². The van der Waals surface area contributed by atoms with Crippen LogP contribution in [-0.2, 0) is 6.42 Å². The Morgan fingerprint density at radius 2 is 2.11 bits per heavy atom. The quantitative estimate of drug-likeness (QED) is 0.809. The average Bonchev–Trinajstić information content (AvgIpc) is 2.35. The lowest BCUT2D eigenvalue weighted by atomic mass is 10.0. The van der Waals surface area contributed by atoms with E-state index in [4.69, 9.17) is 0 Å². The van der Waals surface area contributed by atoms with Gasteiger partial charge in [0.15, 0.2) is 5.78 Å². The summed E-state index contributed by atoms with van der Waals surface area (Å²) in [6, 6.07) is 8.08. The fourth-order valence-electron chi connectivity index (χ4n) is 1.62. The van der Waals surface area contributed by atoms with Crippen molar-refractivity contribution in [2.24, 2.45) is 0 Å². The summed E-state index contributed by atoms with van der Waals surface area (Å²) in [5.74, 6) is -0.742. The summed E-state index contributed by atoms with van der Waals surface area (Å²) in [5, 5.41) is 0. The first-order valence-electron chi connectivity index (χ1n) is 5.46. The number of aromatic nitrogens is 1. The van der Waals surface area contributed by atoms with Gasteiger partial charge in [-0.25, -0.2) is 4.39 Å². The number of hydrogen-bond acceptors (Lipinski definition) is 2. The van der Waals surface area contributed by atoms with Crippen molar-refractivity contribution in [3.8, 4) is 0 Å². The number of carbonyl (C=O) groups excluding carboxylic acids is 1. The molecule has 0 aliphatic rings. The van der Waals surface area contributed by atoms with E-state index in [1.807, 2.05) is 13.0 Å². The normalized spacial score (nSPS) is 10.4. The minimum atomic E-state index is -0.484. The van der Waals surface area contributed by atoms with Gasteiger partial charge >= 0.3 is 0 Å². The molecule has 0 bridgehead atoms. The number of nitrogens with zero attached hydrogens (tertiary/aromatic N) is 1. The Bertz CT molecular complexity index is 581. The molecule has 0 N–H and O–H groups in total. The maximum atomic E-state index is 13.5. The van der Waals surface area contributed by atoms with Crippen LogP contribution in [0.5, 0.6) is 0 Å². The number of carbonyl (C=O) groups is 1. The van der Waals surface area contributed by atoms with Crippen LogP contribution in [0.25, 0.3) is 0 Å². The Balaban J connectivity index is 2.21. The van der Waals surface area contributed by atoms with Crippen molar-refractivity contribution in [3.05, 3.63) is 63.6 Å². The molecule has 1 aromatic carbocycles. The zero-order valence-electron chi connectivity index (χ0n) is 9.78. The van der Waals surface area contributed by atoms with E-state index < -0.39 is 5.82 Å². The molecule has 0 fully saturated rings.